The third kappa shape index (κ3) is 3.22. The highest BCUT2D eigenvalue weighted by Crippen LogP contribution is 2.39. The lowest BCUT2D eigenvalue weighted by atomic mass is 9.98. The van der Waals surface area contributed by atoms with Gasteiger partial charge in [0, 0.05) is 29.8 Å². The van der Waals surface area contributed by atoms with Gasteiger partial charge < -0.3 is 19.8 Å². The fraction of sp³-hybridized carbons (Fsp3) is 0.235. The Kier molecular flexibility index (Phi) is 4.90. The van der Waals surface area contributed by atoms with Gasteiger partial charge in [-0.1, -0.05) is 0 Å². The summed E-state index contributed by atoms with van der Waals surface area (Å²) in [6, 6.07) is 6.80. The molecule has 1 aromatic heterocycles. The second-order valence-electron chi connectivity index (χ2n) is 5.12. The molecule has 24 heavy (non-hydrogen) atoms. The van der Waals surface area contributed by atoms with E-state index < -0.39 is 5.56 Å². The van der Waals surface area contributed by atoms with E-state index in [1.807, 2.05) is 6.07 Å². The number of ether oxygens (including phenoxy) is 2. The summed E-state index contributed by atoms with van der Waals surface area (Å²) in [7, 11) is 2.96. The molecule has 0 aliphatic carbocycles. The van der Waals surface area contributed by atoms with Crippen molar-refractivity contribution in [1.29, 1.82) is 5.26 Å². The predicted octanol–water partition coefficient (Wildman–Crippen LogP) is 2.20. The molecular weight excluding hydrogens is 310 g/mol. The molecule has 0 saturated heterocycles. The largest absolute Gasteiger partial charge is 0.493 e. The van der Waals surface area contributed by atoms with Crippen molar-refractivity contribution >= 4 is 11.6 Å². The number of rotatable bonds is 4. The summed E-state index contributed by atoms with van der Waals surface area (Å²) in [6.45, 7) is 3.08. The molecule has 0 spiro atoms. The summed E-state index contributed by atoms with van der Waals surface area (Å²) in [6.07, 6.45) is 0. The van der Waals surface area contributed by atoms with Crippen LogP contribution in [0.4, 0.5) is 5.69 Å². The van der Waals surface area contributed by atoms with Crippen LogP contribution < -0.4 is 20.3 Å². The summed E-state index contributed by atoms with van der Waals surface area (Å²) in [5.41, 5.74) is 1.38. The first kappa shape index (κ1) is 17.1. The Morgan fingerprint density at radius 3 is 2.33 bits per heavy atom. The molecule has 0 aliphatic heterocycles. The van der Waals surface area contributed by atoms with E-state index in [4.69, 9.17) is 9.47 Å². The van der Waals surface area contributed by atoms with Crippen LogP contribution in [0.15, 0.2) is 23.0 Å². The van der Waals surface area contributed by atoms with Crippen LogP contribution in [0.2, 0.25) is 0 Å². The fourth-order valence-corrected chi connectivity index (χ4v) is 2.41. The number of methoxy groups -OCH3 is 2. The van der Waals surface area contributed by atoms with Crippen LogP contribution in [0.3, 0.4) is 0 Å². The van der Waals surface area contributed by atoms with Crippen molar-refractivity contribution in [3.8, 4) is 28.7 Å². The van der Waals surface area contributed by atoms with Crippen LogP contribution in [0.5, 0.6) is 11.5 Å². The first-order valence-corrected chi connectivity index (χ1v) is 7.09. The minimum absolute atomic E-state index is 0.0422. The minimum atomic E-state index is -0.490. The number of hydrogen-bond donors (Lipinski definition) is 2. The van der Waals surface area contributed by atoms with E-state index in [0.717, 1.165) is 0 Å². The fourth-order valence-electron chi connectivity index (χ4n) is 2.41. The molecule has 0 bridgehead atoms. The van der Waals surface area contributed by atoms with Gasteiger partial charge in [0.1, 0.15) is 11.6 Å². The van der Waals surface area contributed by atoms with Crippen LogP contribution in [-0.4, -0.2) is 25.1 Å². The molecule has 1 aromatic carbocycles. The second-order valence-corrected chi connectivity index (χ2v) is 5.12. The molecule has 2 N–H and O–H groups in total. The molecule has 0 saturated carbocycles. The molecule has 0 radical (unpaired) electrons. The summed E-state index contributed by atoms with van der Waals surface area (Å²) >= 11 is 0. The Balaban J connectivity index is 2.85. The number of aromatic nitrogens is 1. The Hall–Kier alpha value is -3.27. The first-order valence-electron chi connectivity index (χ1n) is 7.09. The monoisotopic (exact) mass is 327 g/mol. The average Bonchev–Trinajstić information content (AvgIpc) is 2.53. The number of pyridine rings is 1. The predicted molar refractivity (Wildman–Crippen MR) is 89.4 cm³/mol. The Morgan fingerprint density at radius 1 is 1.17 bits per heavy atom. The van der Waals surface area contributed by atoms with Gasteiger partial charge in [0.25, 0.3) is 5.56 Å². The van der Waals surface area contributed by atoms with E-state index >= 15 is 0 Å². The first-order chi connectivity index (χ1) is 11.4. The van der Waals surface area contributed by atoms with Crippen LogP contribution >= 0.6 is 0 Å². The number of carbonyl (C=O) groups excluding carboxylic acids is 1. The highest BCUT2D eigenvalue weighted by atomic mass is 16.5. The third-order valence-corrected chi connectivity index (χ3v) is 3.40. The van der Waals surface area contributed by atoms with Gasteiger partial charge in [-0.05, 0) is 19.1 Å². The molecule has 0 aliphatic rings. The summed E-state index contributed by atoms with van der Waals surface area (Å²) in [5, 5.41) is 12.0. The van der Waals surface area contributed by atoms with Crippen molar-refractivity contribution in [2.75, 3.05) is 19.5 Å². The van der Waals surface area contributed by atoms with Crippen LogP contribution in [0.1, 0.15) is 18.2 Å². The number of H-pyrrole nitrogens is 1. The van der Waals surface area contributed by atoms with Crippen molar-refractivity contribution < 1.29 is 14.3 Å². The Bertz CT molecular complexity index is 894. The van der Waals surface area contributed by atoms with Gasteiger partial charge in [-0.15, -0.1) is 0 Å². The molecule has 7 nitrogen and oxygen atoms in total. The SMILES string of the molecule is COc1cc(NC(C)=O)c(-c2cc(C)[nH]c(=O)c2C#N)cc1OC. The smallest absolute Gasteiger partial charge is 0.266 e. The molecule has 1 heterocycles. The number of aromatic amines is 1. The van der Waals surface area contributed by atoms with Crippen molar-refractivity contribution in [2.45, 2.75) is 13.8 Å². The maximum Gasteiger partial charge on any atom is 0.266 e. The lowest BCUT2D eigenvalue weighted by molar-refractivity contribution is -0.114. The number of anilines is 1. The number of benzene rings is 1. The maximum atomic E-state index is 12.1. The van der Waals surface area contributed by atoms with Gasteiger partial charge in [0.05, 0.1) is 19.9 Å². The van der Waals surface area contributed by atoms with Gasteiger partial charge in [-0.25, -0.2) is 0 Å². The number of hydrogen-bond acceptors (Lipinski definition) is 5. The van der Waals surface area contributed by atoms with Crippen molar-refractivity contribution in [2.24, 2.45) is 0 Å². The molecule has 2 aromatic rings. The summed E-state index contributed by atoms with van der Waals surface area (Å²) < 4.78 is 10.5. The van der Waals surface area contributed by atoms with Crippen molar-refractivity contribution in [3.63, 3.8) is 0 Å². The zero-order valence-electron chi connectivity index (χ0n) is 13.8. The summed E-state index contributed by atoms with van der Waals surface area (Å²) in [5.74, 6) is 0.553. The number of nitriles is 1. The number of carbonyl (C=O) groups is 1. The van der Waals surface area contributed by atoms with Gasteiger partial charge in [0.2, 0.25) is 5.91 Å². The highest BCUT2D eigenvalue weighted by Gasteiger charge is 2.18. The summed E-state index contributed by atoms with van der Waals surface area (Å²) in [4.78, 5) is 26.2. The van der Waals surface area contributed by atoms with Crippen molar-refractivity contribution in [1.82, 2.24) is 4.98 Å². The minimum Gasteiger partial charge on any atom is -0.493 e. The Labute approximate surface area is 138 Å². The van der Waals surface area contributed by atoms with E-state index in [9.17, 15) is 14.9 Å². The van der Waals surface area contributed by atoms with Gasteiger partial charge >= 0.3 is 0 Å². The van der Waals surface area contributed by atoms with Crippen molar-refractivity contribution in [3.05, 3.63) is 39.8 Å². The molecule has 1 amide bonds. The molecule has 0 atom stereocenters. The van der Waals surface area contributed by atoms with E-state index in [1.165, 1.54) is 21.1 Å². The molecular formula is C17H17N3O4. The molecule has 124 valence electrons. The number of nitrogens with one attached hydrogen (secondary N) is 2. The van der Waals surface area contributed by atoms with Crippen LogP contribution in [-0.2, 0) is 4.79 Å². The number of nitrogens with zero attached hydrogens (tertiary/aromatic N) is 1. The van der Waals surface area contributed by atoms with E-state index in [1.54, 1.807) is 25.1 Å². The van der Waals surface area contributed by atoms with E-state index in [0.29, 0.717) is 34.0 Å². The third-order valence-electron chi connectivity index (χ3n) is 3.40. The molecule has 0 unspecified atom stereocenters. The number of aryl methyl sites for hydroxylation is 1. The molecule has 7 heteroatoms. The van der Waals surface area contributed by atoms with Gasteiger partial charge in [-0.2, -0.15) is 5.26 Å². The van der Waals surface area contributed by atoms with Gasteiger partial charge in [0.15, 0.2) is 11.5 Å². The van der Waals surface area contributed by atoms with E-state index in [2.05, 4.69) is 10.3 Å². The maximum absolute atomic E-state index is 12.1. The normalized spacial score (nSPS) is 9.96. The lowest BCUT2D eigenvalue weighted by Crippen LogP contribution is -2.14. The van der Waals surface area contributed by atoms with Crippen LogP contribution in [0, 0.1) is 18.3 Å². The highest BCUT2D eigenvalue weighted by molar-refractivity contribution is 5.96. The molecule has 2 rings (SSSR count). The lowest BCUT2D eigenvalue weighted by Gasteiger charge is -2.16. The average molecular weight is 327 g/mol. The molecule has 0 fully saturated rings. The van der Waals surface area contributed by atoms with E-state index in [-0.39, 0.29) is 11.5 Å². The standard InChI is InChI=1S/C17H17N3O4/c1-9-5-11(13(8-18)17(22)19-9)12-6-15(23-3)16(24-4)7-14(12)20-10(2)21/h5-7H,1-4H3,(H,19,22)(H,20,21). The zero-order chi connectivity index (χ0) is 17.9. The topological polar surface area (TPSA) is 104 Å². The van der Waals surface area contributed by atoms with Gasteiger partial charge in [-0.3, -0.25) is 9.59 Å². The zero-order valence-corrected chi connectivity index (χ0v) is 13.8. The quantitative estimate of drug-likeness (QED) is 0.896. The Morgan fingerprint density at radius 2 is 1.79 bits per heavy atom. The van der Waals surface area contributed by atoms with Crippen LogP contribution in [0.25, 0.3) is 11.1 Å². The second kappa shape index (κ2) is 6.87. The number of amides is 1.